The molecule has 0 radical (unpaired) electrons. The van der Waals surface area contributed by atoms with Crippen molar-refractivity contribution in [1.29, 1.82) is 0 Å². The van der Waals surface area contributed by atoms with Crippen LogP contribution in [0.1, 0.15) is 11.1 Å². The first-order valence-corrected chi connectivity index (χ1v) is 14.7. The summed E-state index contributed by atoms with van der Waals surface area (Å²) in [5.41, 5.74) is 1.66. The highest BCUT2D eigenvalue weighted by Crippen LogP contribution is 2.39. The fourth-order valence-corrected chi connectivity index (χ4v) is 5.13. The first kappa shape index (κ1) is 38.6. The first-order valence-electron chi connectivity index (χ1n) is 14.7. The van der Waals surface area contributed by atoms with Crippen molar-refractivity contribution in [3.05, 3.63) is 71.8 Å². The number of rotatable bonds is 14. The summed E-state index contributed by atoms with van der Waals surface area (Å²) >= 11 is 0. The van der Waals surface area contributed by atoms with Crippen molar-refractivity contribution in [3.63, 3.8) is 0 Å². The number of methoxy groups -OCH3 is 6. The highest BCUT2D eigenvalue weighted by atomic mass is 35.5. The molecular weight excluding hydrogens is 626 g/mol. The van der Waals surface area contributed by atoms with Crippen LogP contribution in [0.15, 0.2) is 60.7 Å². The quantitative estimate of drug-likeness (QED) is 0.211. The molecule has 0 spiro atoms. The number of ether oxygens (including phenoxy) is 6. The third-order valence-electron chi connectivity index (χ3n) is 7.30. The number of carbonyl (C=O) groups is 2. The highest BCUT2D eigenvalue weighted by Gasteiger charge is 2.31. The molecule has 1 unspecified atom stereocenters. The molecule has 3 rings (SSSR count). The molecule has 1 atom stereocenters. The number of halogens is 1. The fourth-order valence-electron chi connectivity index (χ4n) is 5.13. The van der Waals surface area contributed by atoms with Gasteiger partial charge in [-0.15, -0.1) is 12.4 Å². The Morgan fingerprint density at radius 3 is 1.49 bits per heavy atom. The maximum absolute atomic E-state index is 13.2. The van der Waals surface area contributed by atoms with Gasteiger partial charge in [0.15, 0.2) is 23.0 Å². The zero-order valence-electron chi connectivity index (χ0n) is 28.3. The van der Waals surface area contributed by atoms with E-state index < -0.39 is 0 Å². The van der Waals surface area contributed by atoms with Crippen LogP contribution in [0.2, 0.25) is 0 Å². The van der Waals surface area contributed by atoms with Gasteiger partial charge in [0.05, 0.1) is 48.7 Å². The number of carbonyl (C=O) groups excluding carboxylic acids is 2. The summed E-state index contributed by atoms with van der Waals surface area (Å²) in [5, 5.41) is 0. The van der Waals surface area contributed by atoms with Gasteiger partial charge in [-0.3, -0.25) is 9.59 Å². The lowest BCUT2D eigenvalue weighted by molar-refractivity contribution is -0.137. The molecule has 2 aromatic rings. The molecule has 256 valence electrons. The Bertz CT molecular complexity index is 1420. The van der Waals surface area contributed by atoms with Gasteiger partial charge in [-0.2, -0.15) is 0 Å². The van der Waals surface area contributed by atoms with Crippen LogP contribution >= 0.6 is 12.4 Å². The van der Waals surface area contributed by atoms with Crippen LogP contribution in [0.3, 0.4) is 0 Å². The Morgan fingerprint density at radius 2 is 1.11 bits per heavy atom. The molecular formula is C35H46ClN3O8. The van der Waals surface area contributed by atoms with Crippen molar-refractivity contribution in [2.45, 2.75) is 6.04 Å². The Morgan fingerprint density at radius 1 is 0.681 bits per heavy atom. The molecule has 47 heavy (non-hydrogen) atoms. The number of allylic oxidation sites excluding steroid dienone is 4. The Kier molecular flexibility index (Phi) is 15.7. The summed E-state index contributed by atoms with van der Waals surface area (Å²) in [6, 6.07) is 7.15. The highest BCUT2D eigenvalue weighted by molar-refractivity contribution is 5.90. The Labute approximate surface area is 284 Å². The summed E-state index contributed by atoms with van der Waals surface area (Å²) in [7, 11) is 13.3. The molecule has 0 bridgehead atoms. The zero-order valence-corrected chi connectivity index (χ0v) is 29.2. The third kappa shape index (κ3) is 10.5. The van der Waals surface area contributed by atoms with Crippen LogP contribution in [-0.2, 0) is 9.59 Å². The van der Waals surface area contributed by atoms with Gasteiger partial charge in [0.2, 0.25) is 23.3 Å². The summed E-state index contributed by atoms with van der Waals surface area (Å²) in [6.07, 6.45) is 13.8. The SMILES string of the molecule is COc1cc(/C=C/C=C/C(=O)N2CCN(C(=O)/C=C/C=C/c3cc(OC)c(OC)c(OC)c3)C(CN(C)C)C2)cc(OC)c1OC.Cl. The standard InChI is InChI=1S/C35H45N3O8.ClH/c1-36(2)23-27-24-37(32(39)15-11-9-13-25-19-28(41-3)34(45-7)29(20-25)42-4)17-18-38(27)33(40)16-12-10-14-26-21-30(43-5)35(46-8)31(22-26)44-6;/h9-16,19-22,27H,17-18,23-24H2,1-8H3;1H/b13-9+,14-10+,15-11+,16-12+;. The number of piperazine rings is 1. The van der Waals surface area contributed by atoms with E-state index in [0.29, 0.717) is 60.7 Å². The second kappa shape index (κ2) is 19.1. The number of hydrogen-bond donors (Lipinski definition) is 0. The number of amides is 2. The van der Waals surface area contributed by atoms with Crippen LogP contribution in [0, 0.1) is 0 Å². The lowest BCUT2D eigenvalue weighted by Gasteiger charge is -2.41. The van der Waals surface area contributed by atoms with Gasteiger partial charge in [0, 0.05) is 38.3 Å². The van der Waals surface area contributed by atoms with Gasteiger partial charge in [-0.1, -0.05) is 36.5 Å². The van der Waals surface area contributed by atoms with Gasteiger partial charge >= 0.3 is 0 Å². The van der Waals surface area contributed by atoms with Crippen molar-refractivity contribution >= 4 is 36.4 Å². The van der Waals surface area contributed by atoms with Gasteiger partial charge in [-0.05, 0) is 49.5 Å². The predicted molar refractivity (Wildman–Crippen MR) is 186 cm³/mol. The van der Waals surface area contributed by atoms with E-state index in [1.807, 2.05) is 60.3 Å². The number of hydrogen-bond acceptors (Lipinski definition) is 9. The molecule has 2 aromatic carbocycles. The van der Waals surface area contributed by atoms with E-state index in [0.717, 1.165) is 11.1 Å². The predicted octanol–water partition coefficient (Wildman–Crippen LogP) is 4.60. The third-order valence-corrected chi connectivity index (χ3v) is 7.30. The molecule has 12 heteroatoms. The normalized spacial score (nSPS) is 15.0. The second-order valence-corrected chi connectivity index (χ2v) is 10.6. The molecule has 0 aromatic heterocycles. The molecule has 1 saturated heterocycles. The number of benzene rings is 2. The van der Waals surface area contributed by atoms with E-state index >= 15 is 0 Å². The van der Waals surface area contributed by atoms with E-state index in [1.165, 1.54) is 6.08 Å². The van der Waals surface area contributed by atoms with Gasteiger partial charge in [0.25, 0.3) is 0 Å². The summed E-state index contributed by atoms with van der Waals surface area (Å²) in [5.74, 6) is 2.98. The largest absolute Gasteiger partial charge is 0.493 e. The molecule has 1 heterocycles. The monoisotopic (exact) mass is 671 g/mol. The first-order chi connectivity index (χ1) is 22.2. The average Bonchev–Trinajstić information content (AvgIpc) is 3.06. The minimum absolute atomic E-state index is 0. The average molecular weight is 672 g/mol. The van der Waals surface area contributed by atoms with Gasteiger partial charge in [0.1, 0.15) is 0 Å². The minimum Gasteiger partial charge on any atom is -0.493 e. The van der Waals surface area contributed by atoms with Crippen LogP contribution in [0.5, 0.6) is 34.5 Å². The van der Waals surface area contributed by atoms with Crippen molar-refractivity contribution in [2.75, 3.05) is 82.9 Å². The summed E-state index contributed by atoms with van der Waals surface area (Å²) in [6.45, 7) is 1.91. The van der Waals surface area contributed by atoms with Crippen molar-refractivity contribution in [1.82, 2.24) is 14.7 Å². The van der Waals surface area contributed by atoms with Crippen molar-refractivity contribution < 1.29 is 38.0 Å². The van der Waals surface area contributed by atoms with Gasteiger partial charge in [-0.25, -0.2) is 0 Å². The molecule has 1 fully saturated rings. The van der Waals surface area contributed by atoms with E-state index in [-0.39, 0.29) is 30.3 Å². The molecule has 1 aliphatic rings. The van der Waals surface area contributed by atoms with Crippen LogP contribution < -0.4 is 28.4 Å². The second-order valence-electron chi connectivity index (χ2n) is 10.6. The van der Waals surface area contributed by atoms with Gasteiger partial charge < -0.3 is 43.1 Å². The summed E-state index contributed by atoms with van der Waals surface area (Å²) < 4.78 is 32.4. The van der Waals surface area contributed by atoms with E-state index in [2.05, 4.69) is 0 Å². The zero-order chi connectivity index (χ0) is 33.6. The summed E-state index contributed by atoms with van der Waals surface area (Å²) in [4.78, 5) is 31.9. The van der Waals surface area contributed by atoms with E-state index in [4.69, 9.17) is 28.4 Å². The molecule has 0 N–H and O–H groups in total. The molecule has 0 saturated carbocycles. The smallest absolute Gasteiger partial charge is 0.246 e. The van der Waals surface area contributed by atoms with E-state index in [1.54, 1.807) is 77.9 Å². The molecule has 2 amide bonds. The lowest BCUT2D eigenvalue weighted by atomic mass is 10.1. The van der Waals surface area contributed by atoms with Crippen LogP contribution in [0.4, 0.5) is 0 Å². The van der Waals surface area contributed by atoms with Crippen LogP contribution in [0.25, 0.3) is 12.2 Å². The minimum atomic E-state index is -0.160. The Balaban J connectivity index is 0.00000768. The number of likely N-dealkylation sites (N-methyl/N-ethyl adjacent to an activating group) is 1. The fraction of sp³-hybridized carbons (Fsp3) is 0.371. The van der Waals surface area contributed by atoms with Crippen LogP contribution in [-0.4, -0.2) is 115 Å². The number of nitrogens with zero attached hydrogens (tertiary/aromatic N) is 3. The topological polar surface area (TPSA) is 99.2 Å². The molecule has 1 aliphatic heterocycles. The molecule has 0 aliphatic carbocycles. The maximum Gasteiger partial charge on any atom is 0.246 e. The van der Waals surface area contributed by atoms with E-state index in [9.17, 15) is 9.59 Å². The Hall–Kier alpha value is -4.61. The van der Waals surface area contributed by atoms with Crippen molar-refractivity contribution in [3.8, 4) is 34.5 Å². The maximum atomic E-state index is 13.2. The molecule has 11 nitrogen and oxygen atoms in total. The lowest BCUT2D eigenvalue weighted by Crippen LogP contribution is -2.58. The van der Waals surface area contributed by atoms with Crippen molar-refractivity contribution in [2.24, 2.45) is 0 Å².